The predicted molar refractivity (Wildman–Crippen MR) is 101 cm³/mol. The SMILES string of the molecule is NS(=O)(=O)c1ccc(F)c(NC(=O)c2cc(C(F)(F)F)cnc2N2CCCCC2)c1. The number of pyridine rings is 1. The normalized spacial score (nSPS) is 15.2. The quantitative estimate of drug-likeness (QED) is 0.702. The zero-order valence-electron chi connectivity index (χ0n) is 15.5. The summed E-state index contributed by atoms with van der Waals surface area (Å²) in [6.45, 7) is 1.02. The van der Waals surface area contributed by atoms with E-state index >= 15 is 0 Å². The van der Waals surface area contributed by atoms with Gasteiger partial charge in [0, 0.05) is 19.3 Å². The van der Waals surface area contributed by atoms with Crippen molar-refractivity contribution in [3.8, 4) is 0 Å². The van der Waals surface area contributed by atoms with Crippen LogP contribution in [-0.4, -0.2) is 32.4 Å². The first-order chi connectivity index (χ1) is 14.0. The van der Waals surface area contributed by atoms with Gasteiger partial charge in [-0.15, -0.1) is 0 Å². The van der Waals surface area contributed by atoms with Crippen LogP contribution in [0.15, 0.2) is 35.4 Å². The first-order valence-corrected chi connectivity index (χ1v) is 10.5. The highest BCUT2D eigenvalue weighted by Crippen LogP contribution is 2.33. The van der Waals surface area contributed by atoms with Crippen molar-refractivity contribution < 1.29 is 30.8 Å². The van der Waals surface area contributed by atoms with E-state index in [1.54, 1.807) is 4.90 Å². The van der Waals surface area contributed by atoms with Crippen LogP contribution >= 0.6 is 0 Å². The fourth-order valence-corrected chi connectivity index (χ4v) is 3.64. The number of hydrogen-bond donors (Lipinski definition) is 2. The summed E-state index contributed by atoms with van der Waals surface area (Å²) in [7, 11) is -4.18. The Hall–Kier alpha value is -2.73. The molecule has 1 aliphatic rings. The van der Waals surface area contributed by atoms with Gasteiger partial charge in [0.05, 0.1) is 21.7 Å². The van der Waals surface area contributed by atoms with E-state index in [0.29, 0.717) is 25.4 Å². The molecule has 2 heterocycles. The molecular formula is C18H18F4N4O3S. The Bertz CT molecular complexity index is 1070. The van der Waals surface area contributed by atoms with Crippen LogP contribution in [-0.2, 0) is 16.2 Å². The van der Waals surface area contributed by atoms with E-state index in [4.69, 9.17) is 5.14 Å². The van der Waals surface area contributed by atoms with Gasteiger partial charge in [-0.1, -0.05) is 0 Å². The zero-order chi connectivity index (χ0) is 22.1. The second kappa shape index (κ2) is 8.19. The third-order valence-electron chi connectivity index (χ3n) is 4.61. The van der Waals surface area contributed by atoms with Crippen molar-refractivity contribution in [2.45, 2.75) is 30.3 Å². The summed E-state index contributed by atoms with van der Waals surface area (Å²) < 4.78 is 76.5. The summed E-state index contributed by atoms with van der Waals surface area (Å²) in [5, 5.41) is 7.13. The highest BCUT2D eigenvalue weighted by Gasteiger charge is 2.33. The molecule has 0 bridgehead atoms. The molecule has 0 radical (unpaired) electrons. The van der Waals surface area contributed by atoms with Crippen LogP contribution in [0.5, 0.6) is 0 Å². The van der Waals surface area contributed by atoms with Gasteiger partial charge in [-0.05, 0) is 43.5 Å². The average Bonchev–Trinajstić information content (AvgIpc) is 2.68. The van der Waals surface area contributed by atoms with E-state index in [0.717, 1.165) is 37.5 Å². The number of hydrogen-bond acceptors (Lipinski definition) is 5. The molecule has 0 spiro atoms. The number of primary sulfonamides is 1. The molecule has 0 saturated carbocycles. The van der Waals surface area contributed by atoms with E-state index in [9.17, 15) is 30.8 Å². The summed E-state index contributed by atoms with van der Waals surface area (Å²) in [6, 6.07) is 3.13. The number of carbonyl (C=O) groups excluding carboxylic acids is 1. The van der Waals surface area contributed by atoms with Crippen LogP contribution in [0.1, 0.15) is 35.2 Å². The maximum Gasteiger partial charge on any atom is 0.417 e. The first kappa shape index (κ1) is 22.0. The van der Waals surface area contributed by atoms with E-state index < -0.39 is 49.6 Å². The average molecular weight is 446 g/mol. The fourth-order valence-electron chi connectivity index (χ4n) is 3.10. The molecule has 1 fully saturated rings. The number of alkyl halides is 3. The van der Waals surface area contributed by atoms with Crippen molar-refractivity contribution in [2.75, 3.05) is 23.3 Å². The zero-order valence-corrected chi connectivity index (χ0v) is 16.4. The van der Waals surface area contributed by atoms with Crippen molar-refractivity contribution in [3.05, 3.63) is 47.4 Å². The number of nitrogens with two attached hydrogens (primary N) is 1. The molecule has 2 aromatic rings. The van der Waals surface area contributed by atoms with Gasteiger partial charge in [0.1, 0.15) is 11.6 Å². The number of piperidine rings is 1. The van der Waals surface area contributed by atoms with Crippen molar-refractivity contribution in [1.29, 1.82) is 0 Å². The van der Waals surface area contributed by atoms with Gasteiger partial charge in [-0.25, -0.2) is 22.9 Å². The molecule has 0 unspecified atom stereocenters. The Kier molecular flexibility index (Phi) is 5.99. The van der Waals surface area contributed by atoms with Gasteiger partial charge >= 0.3 is 6.18 Å². The first-order valence-electron chi connectivity index (χ1n) is 8.93. The van der Waals surface area contributed by atoms with Crippen molar-refractivity contribution >= 4 is 27.4 Å². The summed E-state index contributed by atoms with van der Waals surface area (Å²) in [4.78, 5) is 17.9. The smallest absolute Gasteiger partial charge is 0.356 e. The lowest BCUT2D eigenvalue weighted by Crippen LogP contribution is -2.32. The minimum absolute atomic E-state index is 0.0446. The number of sulfonamides is 1. The Morgan fingerprint density at radius 2 is 1.80 bits per heavy atom. The fraction of sp³-hybridized carbons (Fsp3) is 0.333. The van der Waals surface area contributed by atoms with Crippen LogP contribution < -0.4 is 15.4 Å². The van der Waals surface area contributed by atoms with Crippen LogP contribution in [0.4, 0.5) is 29.1 Å². The van der Waals surface area contributed by atoms with Crippen LogP contribution in [0.2, 0.25) is 0 Å². The molecule has 3 rings (SSSR count). The lowest BCUT2D eigenvalue weighted by Gasteiger charge is -2.29. The Morgan fingerprint density at radius 1 is 1.13 bits per heavy atom. The number of aromatic nitrogens is 1. The lowest BCUT2D eigenvalue weighted by molar-refractivity contribution is -0.137. The molecule has 0 atom stereocenters. The third-order valence-corrected chi connectivity index (χ3v) is 5.52. The monoisotopic (exact) mass is 446 g/mol. The standard InChI is InChI=1S/C18H18F4N4O3S/c19-14-5-4-12(30(23,28)29)9-15(14)25-17(27)13-8-11(18(20,21)22)10-24-16(13)26-6-2-1-3-7-26/h4-5,8-10H,1-3,6-7H2,(H,25,27)(H2,23,28,29). The van der Waals surface area contributed by atoms with Crippen molar-refractivity contribution in [2.24, 2.45) is 5.14 Å². The largest absolute Gasteiger partial charge is 0.417 e. The Balaban J connectivity index is 2.01. The minimum Gasteiger partial charge on any atom is -0.356 e. The number of benzene rings is 1. The Morgan fingerprint density at radius 3 is 2.40 bits per heavy atom. The summed E-state index contributed by atoms with van der Waals surface area (Å²) in [5.74, 6) is -1.99. The molecule has 3 N–H and O–H groups in total. The highest BCUT2D eigenvalue weighted by atomic mass is 32.2. The molecule has 7 nitrogen and oxygen atoms in total. The maximum absolute atomic E-state index is 14.1. The molecule has 1 aromatic heterocycles. The predicted octanol–water partition coefficient (Wildman–Crippen LogP) is 3.13. The van der Waals surface area contributed by atoms with Crippen LogP contribution in [0, 0.1) is 5.82 Å². The summed E-state index contributed by atoms with van der Waals surface area (Å²) in [5.41, 5.74) is -2.06. The van der Waals surface area contributed by atoms with E-state index in [-0.39, 0.29) is 5.82 Å². The maximum atomic E-state index is 14.1. The van der Waals surface area contributed by atoms with Crippen molar-refractivity contribution in [1.82, 2.24) is 4.98 Å². The lowest BCUT2D eigenvalue weighted by atomic mass is 10.1. The second-order valence-electron chi connectivity index (χ2n) is 6.78. The van der Waals surface area contributed by atoms with Crippen molar-refractivity contribution in [3.63, 3.8) is 0 Å². The molecule has 1 saturated heterocycles. The highest BCUT2D eigenvalue weighted by molar-refractivity contribution is 7.89. The molecule has 162 valence electrons. The molecule has 1 aliphatic heterocycles. The number of halogens is 4. The third kappa shape index (κ3) is 4.87. The van der Waals surface area contributed by atoms with Gasteiger partial charge in [-0.2, -0.15) is 13.2 Å². The van der Waals surface area contributed by atoms with Crippen LogP contribution in [0.3, 0.4) is 0 Å². The van der Waals surface area contributed by atoms with E-state index in [2.05, 4.69) is 10.3 Å². The number of carbonyl (C=O) groups is 1. The van der Waals surface area contributed by atoms with Gasteiger partial charge in [-0.3, -0.25) is 4.79 Å². The van der Waals surface area contributed by atoms with Gasteiger partial charge in [0.25, 0.3) is 5.91 Å². The second-order valence-corrected chi connectivity index (χ2v) is 8.34. The molecule has 30 heavy (non-hydrogen) atoms. The number of anilines is 2. The molecular weight excluding hydrogens is 428 g/mol. The minimum atomic E-state index is -4.73. The van der Waals surface area contributed by atoms with Gasteiger partial charge in [0.15, 0.2) is 0 Å². The number of nitrogens with one attached hydrogen (secondary N) is 1. The number of amides is 1. The number of nitrogens with zero attached hydrogens (tertiary/aromatic N) is 2. The summed E-state index contributed by atoms with van der Waals surface area (Å²) >= 11 is 0. The molecule has 1 aromatic carbocycles. The van der Waals surface area contributed by atoms with Gasteiger partial charge in [0.2, 0.25) is 10.0 Å². The topological polar surface area (TPSA) is 105 Å². The van der Waals surface area contributed by atoms with Crippen LogP contribution in [0.25, 0.3) is 0 Å². The molecule has 12 heteroatoms. The number of rotatable bonds is 4. The summed E-state index contributed by atoms with van der Waals surface area (Å²) in [6.07, 6.45) is -1.57. The van der Waals surface area contributed by atoms with E-state index in [1.807, 2.05) is 0 Å². The molecule has 1 amide bonds. The molecule has 0 aliphatic carbocycles. The van der Waals surface area contributed by atoms with E-state index in [1.165, 1.54) is 0 Å². The van der Waals surface area contributed by atoms with Gasteiger partial charge < -0.3 is 10.2 Å². The Labute approximate surface area is 169 Å².